The fourth-order valence-electron chi connectivity index (χ4n) is 2.68. The van der Waals surface area contributed by atoms with Crippen LogP contribution >= 0.6 is 0 Å². The first-order chi connectivity index (χ1) is 12.1. The number of hydrogen-bond donors (Lipinski definition) is 0. The molecule has 1 heterocycles. The number of alkyl halides is 3. The lowest BCUT2D eigenvalue weighted by Crippen LogP contribution is -2.39. The lowest BCUT2D eigenvalue weighted by Gasteiger charge is -2.23. The second-order valence-corrected chi connectivity index (χ2v) is 7.75. The molecule has 10 heteroatoms. The number of benzene rings is 1. The van der Waals surface area contributed by atoms with Crippen LogP contribution in [0.15, 0.2) is 35.7 Å². The molecule has 1 aromatic carbocycles. The summed E-state index contributed by atoms with van der Waals surface area (Å²) in [5.74, 6) is -2.11. The number of carbonyl (C=O) groups excluding carboxylic acids is 1. The van der Waals surface area contributed by atoms with E-state index in [0.717, 1.165) is 28.6 Å². The minimum Gasteiger partial charge on any atom is -0.326 e. The monoisotopic (exact) mass is 394 g/mol. The average Bonchev–Trinajstić information content (AvgIpc) is 3.08. The van der Waals surface area contributed by atoms with Gasteiger partial charge >= 0.3 is 6.18 Å². The van der Waals surface area contributed by atoms with Gasteiger partial charge in [0, 0.05) is 25.2 Å². The molecule has 0 unspecified atom stereocenters. The van der Waals surface area contributed by atoms with Crippen molar-refractivity contribution in [3.63, 3.8) is 0 Å². The van der Waals surface area contributed by atoms with Gasteiger partial charge in [0.05, 0.1) is 0 Å². The summed E-state index contributed by atoms with van der Waals surface area (Å²) in [5, 5.41) is 0. The molecule has 0 aromatic heterocycles. The molecule has 1 aromatic rings. The zero-order valence-corrected chi connectivity index (χ0v) is 14.6. The van der Waals surface area contributed by atoms with Gasteiger partial charge in [-0.25, -0.2) is 12.8 Å². The lowest BCUT2D eigenvalue weighted by atomic mass is 10.2. The summed E-state index contributed by atoms with van der Waals surface area (Å²) in [5.41, 5.74) is -0.338. The normalized spacial score (nSPS) is 15.8. The van der Waals surface area contributed by atoms with Gasteiger partial charge in [0.25, 0.3) is 5.91 Å². The second-order valence-electron chi connectivity index (χ2n) is 5.85. The van der Waals surface area contributed by atoms with E-state index in [1.54, 1.807) is 0 Å². The highest BCUT2D eigenvalue weighted by Crippen LogP contribution is 2.25. The van der Waals surface area contributed by atoms with Crippen molar-refractivity contribution >= 4 is 15.9 Å². The maximum Gasteiger partial charge on any atom is 0.406 e. The SMILES string of the molecule is C=CCN(CC(F)(F)F)C(=O)c1ccc(F)c(S(=O)(=O)N2CCCC2)c1. The van der Waals surface area contributed by atoms with Gasteiger partial charge in [-0.1, -0.05) is 6.08 Å². The number of nitrogens with zero attached hydrogens (tertiary/aromatic N) is 2. The molecule has 1 aliphatic heterocycles. The van der Waals surface area contributed by atoms with Gasteiger partial charge < -0.3 is 4.90 Å². The summed E-state index contributed by atoms with van der Waals surface area (Å²) in [6.45, 7) is 1.86. The van der Waals surface area contributed by atoms with Crippen LogP contribution in [0.1, 0.15) is 23.2 Å². The summed E-state index contributed by atoms with van der Waals surface area (Å²) >= 11 is 0. The molecular weight excluding hydrogens is 376 g/mol. The third-order valence-corrected chi connectivity index (χ3v) is 5.78. The maximum atomic E-state index is 14.1. The second kappa shape index (κ2) is 7.75. The Labute approximate surface area is 148 Å². The molecule has 0 atom stereocenters. The average molecular weight is 394 g/mol. The summed E-state index contributed by atoms with van der Waals surface area (Å²) < 4.78 is 78.2. The fraction of sp³-hybridized carbons (Fsp3) is 0.438. The Hall–Kier alpha value is -1.94. The molecule has 1 aliphatic rings. The molecule has 1 saturated heterocycles. The molecule has 0 spiro atoms. The Bertz CT molecular complexity index is 787. The van der Waals surface area contributed by atoms with Crippen LogP contribution in [0.5, 0.6) is 0 Å². The smallest absolute Gasteiger partial charge is 0.326 e. The number of hydrogen-bond acceptors (Lipinski definition) is 3. The molecule has 1 fully saturated rings. The molecular formula is C16H18F4N2O3S. The molecule has 144 valence electrons. The van der Waals surface area contributed by atoms with Gasteiger partial charge in [0.15, 0.2) is 0 Å². The van der Waals surface area contributed by atoms with E-state index in [1.165, 1.54) is 0 Å². The van der Waals surface area contributed by atoms with E-state index in [-0.39, 0.29) is 25.2 Å². The van der Waals surface area contributed by atoms with Crippen molar-refractivity contribution in [1.29, 1.82) is 0 Å². The van der Waals surface area contributed by atoms with Crippen molar-refractivity contribution in [3.05, 3.63) is 42.2 Å². The van der Waals surface area contributed by atoms with Crippen LogP contribution in [0.25, 0.3) is 0 Å². The van der Waals surface area contributed by atoms with Gasteiger partial charge in [0.2, 0.25) is 10.0 Å². The van der Waals surface area contributed by atoms with Crippen molar-refractivity contribution in [3.8, 4) is 0 Å². The number of amides is 1. The number of halogens is 4. The number of rotatable bonds is 6. The van der Waals surface area contributed by atoms with Gasteiger partial charge in [-0.05, 0) is 31.0 Å². The van der Waals surface area contributed by atoms with Gasteiger partial charge in [-0.2, -0.15) is 17.5 Å². The predicted molar refractivity (Wildman–Crippen MR) is 86.5 cm³/mol. The van der Waals surface area contributed by atoms with E-state index in [9.17, 15) is 30.8 Å². The predicted octanol–water partition coefficient (Wildman–Crippen LogP) is 2.80. The van der Waals surface area contributed by atoms with Crippen LogP contribution in [-0.2, 0) is 10.0 Å². The van der Waals surface area contributed by atoms with E-state index >= 15 is 0 Å². The Kier molecular flexibility index (Phi) is 6.07. The first kappa shape index (κ1) is 20.4. The molecule has 0 saturated carbocycles. The first-order valence-corrected chi connectivity index (χ1v) is 9.27. The first-order valence-electron chi connectivity index (χ1n) is 7.83. The topological polar surface area (TPSA) is 57.7 Å². The summed E-state index contributed by atoms with van der Waals surface area (Å²) in [6, 6.07) is 2.53. The van der Waals surface area contributed by atoms with Crippen LogP contribution in [0.2, 0.25) is 0 Å². The lowest BCUT2D eigenvalue weighted by molar-refractivity contribution is -0.139. The minimum atomic E-state index is -4.64. The quantitative estimate of drug-likeness (QED) is 0.551. The molecule has 5 nitrogen and oxygen atoms in total. The third kappa shape index (κ3) is 4.61. The standard InChI is InChI=1S/C16H18F4N2O3S/c1-2-7-21(11-16(18,19)20)15(23)12-5-6-13(17)14(10-12)26(24,25)22-8-3-4-9-22/h2,5-6,10H,1,3-4,7-9,11H2. The van der Waals surface area contributed by atoms with Gasteiger partial charge in [-0.15, -0.1) is 6.58 Å². The highest BCUT2D eigenvalue weighted by atomic mass is 32.2. The molecule has 2 rings (SSSR count). The third-order valence-electron chi connectivity index (χ3n) is 3.87. The van der Waals surface area contributed by atoms with Crippen molar-refractivity contribution in [2.24, 2.45) is 0 Å². The van der Waals surface area contributed by atoms with Crippen LogP contribution < -0.4 is 0 Å². The Balaban J connectivity index is 2.38. The van der Waals surface area contributed by atoms with E-state index < -0.39 is 39.4 Å². The zero-order valence-electron chi connectivity index (χ0n) is 13.8. The summed E-state index contributed by atoms with van der Waals surface area (Å²) in [6.07, 6.45) is -2.24. The van der Waals surface area contributed by atoms with E-state index in [0.29, 0.717) is 17.7 Å². The fourth-order valence-corrected chi connectivity index (χ4v) is 4.28. The molecule has 0 radical (unpaired) electrons. The van der Waals surface area contributed by atoms with Crippen LogP contribution in [0.4, 0.5) is 17.6 Å². The molecule has 26 heavy (non-hydrogen) atoms. The molecule has 0 N–H and O–H groups in total. The summed E-state index contributed by atoms with van der Waals surface area (Å²) in [4.78, 5) is 12.1. The number of carbonyl (C=O) groups is 1. The van der Waals surface area contributed by atoms with E-state index in [1.807, 2.05) is 0 Å². The number of sulfonamides is 1. The maximum absolute atomic E-state index is 14.1. The van der Waals surface area contributed by atoms with Crippen molar-refractivity contribution < 1.29 is 30.8 Å². The van der Waals surface area contributed by atoms with Gasteiger partial charge in [0.1, 0.15) is 17.3 Å². The molecule has 0 aliphatic carbocycles. The largest absolute Gasteiger partial charge is 0.406 e. The molecule has 0 bridgehead atoms. The highest BCUT2D eigenvalue weighted by molar-refractivity contribution is 7.89. The van der Waals surface area contributed by atoms with Crippen LogP contribution in [0, 0.1) is 5.82 Å². The van der Waals surface area contributed by atoms with Crippen LogP contribution in [0.3, 0.4) is 0 Å². The Morgan fingerprint density at radius 2 is 1.88 bits per heavy atom. The Morgan fingerprint density at radius 1 is 1.27 bits per heavy atom. The van der Waals surface area contributed by atoms with Gasteiger partial charge in [-0.3, -0.25) is 4.79 Å². The zero-order chi connectivity index (χ0) is 19.5. The minimum absolute atomic E-state index is 0.233. The Morgan fingerprint density at radius 3 is 2.42 bits per heavy atom. The van der Waals surface area contributed by atoms with Crippen molar-refractivity contribution in [2.45, 2.75) is 23.9 Å². The molecule has 1 amide bonds. The highest BCUT2D eigenvalue weighted by Gasteiger charge is 2.34. The summed E-state index contributed by atoms with van der Waals surface area (Å²) in [7, 11) is -4.15. The van der Waals surface area contributed by atoms with E-state index in [2.05, 4.69) is 6.58 Å². The van der Waals surface area contributed by atoms with Crippen molar-refractivity contribution in [2.75, 3.05) is 26.2 Å². The van der Waals surface area contributed by atoms with Crippen molar-refractivity contribution in [1.82, 2.24) is 9.21 Å². The van der Waals surface area contributed by atoms with Crippen LogP contribution in [-0.4, -0.2) is 55.9 Å². The van der Waals surface area contributed by atoms with E-state index in [4.69, 9.17) is 0 Å².